The van der Waals surface area contributed by atoms with E-state index in [0.29, 0.717) is 6.61 Å². The zero-order valence-corrected chi connectivity index (χ0v) is 7.10. The fourth-order valence-electron chi connectivity index (χ4n) is 1.27. The Balaban J connectivity index is 2.01. The summed E-state index contributed by atoms with van der Waals surface area (Å²) in [6, 6.07) is 0. The molecule has 1 saturated carbocycles. The maximum absolute atomic E-state index is 9.04. The first-order chi connectivity index (χ1) is 5.35. The molecule has 1 aromatic heterocycles. The van der Waals surface area contributed by atoms with E-state index in [1.807, 2.05) is 11.7 Å². The van der Waals surface area contributed by atoms with Crippen LogP contribution in [0.5, 0.6) is 0 Å². The lowest BCUT2D eigenvalue weighted by atomic mass is 10.0. The minimum Gasteiger partial charge on any atom is -0.396 e. The van der Waals surface area contributed by atoms with E-state index < -0.39 is 0 Å². The van der Waals surface area contributed by atoms with E-state index in [1.54, 1.807) is 11.3 Å². The zero-order chi connectivity index (χ0) is 7.73. The summed E-state index contributed by atoms with van der Waals surface area (Å²) in [5, 5.41) is 9.04. The third kappa shape index (κ3) is 1.44. The van der Waals surface area contributed by atoms with Crippen molar-refractivity contribution in [1.82, 2.24) is 4.98 Å². The second-order valence-electron chi connectivity index (χ2n) is 3.30. The van der Waals surface area contributed by atoms with Gasteiger partial charge in [0, 0.05) is 17.7 Å². The van der Waals surface area contributed by atoms with Crippen molar-refractivity contribution >= 4 is 11.3 Å². The number of hydrogen-bond acceptors (Lipinski definition) is 3. The van der Waals surface area contributed by atoms with Gasteiger partial charge < -0.3 is 5.11 Å². The van der Waals surface area contributed by atoms with Crippen LogP contribution in [-0.2, 0) is 6.42 Å². The molecule has 0 atom stereocenters. The molecule has 0 unspecified atom stereocenters. The molecule has 0 spiro atoms. The second-order valence-corrected chi connectivity index (χ2v) is 4.27. The Bertz CT molecular complexity index is 228. The minimum absolute atomic E-state index is 0.243. The number of rotatable bonds is 3. The Morgan fingerprint density at radius 2 is 2.45 bits per heavy atom. The molecule has 0 amide bonds. The number of hydrogen-bond donors (Lipinski definition) is 1. The summed E-state index contributed by atoms with van der Waals surface area (Å²) in [7, 11) is 0. The summed E-state index contributed by atoms with van der Waals surface area (Å²) >= 11 is 1.68. The monoisotopic (exact) mass is 169 g/mol. The average molecular weight is 169 g/mol. The molecule has 60 valence electrons. The molecular formula is C8H11NOS. The lowest BCUT2D eigenvalue weighted by Gasteiger charge is -2.07. The summed E-state index contributed by atoms with van der Waals surface area (Å²) in [5.41, 5.74) is 2.09. The first kappa shape index (κ1) is 7.25. The predicted octanol–water partition coefficient (Wildman–Crippen LogP) is 1.46. The summed E-state index contributed by atoms with van der Waals surface area (Å²) < 4.78 is 0. The highest BCUT2D eigenvalue weighted by molar-refractivity contribution is 7.09. The second kappa shape index (κ2) is 2.57. The van der Waals surface area contributed by atoms with Gasteiger partial charge in [-0.05, 0) is 24.7 Å². The van der Waals surface area contributed by atoms with Crippen LogP contribution in [-0.4, -0.2) is 16.7 Å². The molecule has 1 aromatic rings. The van der Waals surface area contributed by atoms with Gasteiger partial charge >= 0.3 is 0 Å². The van der Waals surface area contributed by atoms with Crippen LogP contribution in [0, 0.1) is 5.41 Å². The van der Waals surface area contributed by atoms with Crippen molar-refractivity contribution in [3.8, 4) is 0 Å². The van der Waals surface area contributed by atoms with E-state index in [-0.39, 0.29) is 5.41 Å². The van der Waals surface area contributed by atoms with Gasteiger partial charge in [0.15, 0.2) is 0 Å². The van der Waals surface area contributed by atoms with Gasteiger partial charge in [0.1, 0.15) is 0 Å². The first-order valence-corrected chi connectivity index (χ1v) is 4.71. The SMILES string of the molecule is OCC1(Cc2cncs2)CC1. The number of thiazole rings is 1. The molecule has 0 bridgehead atoms. The van der Waals surface area contributed by atoms with Gasteiger partial charge in [0.2, 0.25) is 0 Å². The van der Waals surface area contributed by atoms with Gasteiger partial charge in [0.25, 0.3) is 0 Å². The molecule has 2 rings (SSSR count). The van der Waals surface area contributed by atoms with Gasteiger partial charge in [0.05, 0.1) is 5.51 Å². The van der Waals surface area contributed by atoms with Crippen LogP contribution < -0.4 is 0 Å². The maximum atomic E-state index is 9.04. The van der Waals surface area contributed by atoms with E-state index in [9.17, 15) is 0 Å². The lowest BCUT2D eigenvalue weighted by Crippen LogP contribution is -2.08. The van der Waals surface area contributed by atoms with E-state index in [0.717, 1.165) is 6.42 Å². The number of aliphatic hydroxyl groups excluding tert-OH is 1. The normalized spacial score (nSPS) is 20.1. The van der Waals surface area contributed by atoms with Crippen molar-refractivity contribution in [2.45, 2.75) is 19.3 Å². The van der Waals surface area contributed by atoms with Crippen LogP contribution in [0.15, 0.2) is 11.7 Å². The highest BCUT2D eigenvalue weighted by Gasteiger charge is 2.42. The van der Waals surface area contributed by atoms with E-state index >= 15 is 0 Å². The lowest BCUT2D eigenvalue weighted by molar-refractivity contribution is 0.212. The molecule has 0 radical (unpaired) electrons. The van der Waals surface area contributed by atoms with Crippen LogP contribution in [0.4, 0.5) is 0 Å². The summed E-state index contributed by atoms with van der Waals surface area (Å²) in [5.74, 6) is 0. The molecule has 3 heteroatoms. The van der Waals surface area contributed by atoms with Crippen molar-refractivity contribution in [3.05, 3.63) is 16.6 Å². The van der Waals surface area contributed by atoms with Gasteiger partial charge in [-0.25, -0.2) is 0 Å². The first-order valence-electron chi connectivity index (χ1n) is 3.83. The molecule has 1 aliphatic carbocycles. The molecule has 0 aromatic carbocycles. The summed E-state index contributed by atoms with van der Waals surface area (Å²) in [6.45, 7) is 0.338. The van der Waals surface area contributed by atoms with Crippen LogP contribution >= 0.6 is 11.3 Å². The standard InChI is InChI=1S/C8H11NOS/c10-5-8(1-2-8)3-7-4-9-6-11-7/h4,6,10H,1-3,5H2. The molecule has 1 heterocycles. The fourth-order valence-corrected chi connectivity index (χ4v) is 2.03. The van der Waals surface area contributed by atoms with Crippen molar-refractivity contribution in [2.24, 2.45) is 5.41 Å². The largest absolute Gasteiger partial charge is 0.396 e. The van der Waals surface area contributed by atoms with E-state index in [2.05, 4.69) is 4.98 Å². The highest BCUT2D eigenvalue weighted by Crippen LogP contribution is 2.48. The van der Waals surface area contributed by atoms with Gasteiger partial charge in [-0.3, -0.25) is 4.98 Å². The molecule has 0 saturated heterocycles. The van der Waals surface area contributed by atoms with E-state index in [4.69, 9.17) is 5.11 Å². The van der Waals surface area contributed by atoms with Gasteiger partial charge in [-0.2, -0.15) is 0 Å². The van der Waals surface area contributed by atoms with Crippen molar-refractivity contribution in [2.75, 3.05) is 6.61 Å². The van der Waals surface area contributed by atoms with Crippen molar-refractivity contribution in [3.63, 3.8) is 0 Å². The van der Waals surface area contributed by atoms with Crippen LogP contribution in [0.2, 0.25) is 0 Å². The number of nitrogens with zero attached hydrogens (tertiary/aromatic N) is 1. The average Bonchev–Trinajstić information content (AvgIpc) is 2.59. The van der Waals surface area contributed by atoms with Gasteiger partial charge in [-0.1, -0.05) is 0 Å². The number of aromatic nitrogens is 1. The van der Waals surface area contributed by atoms with Crippen LogP contribution in [0.25, 0.3) is 0 Å². The third-order valence-electron chi connectivity index (χ3n) is 2.33. The summed E-state index contributed by atoms with van der Waals surface area (Å²) in [6.07, 6.45) is 5.29. The Morgan fingerprint density at radius 1 is 1.64 bits per heavy atom. The Kier molecular flexibility index (Phi) is 1.69. The van der Waals surface area contributed by atoms with Crippen LogP contribution in [0.3, 0.4) is 0 Å². The quantitative estimate of drug-likeness (QED) is 0.743. The Hall–Kier alpha value is -0.410. The van der Waals surface area contributed by atoms with Crippen molar-refractivity contribution < 1.29 is 5.11 Å². The highest BCUT2D eigenvalue weighted by atomic mass is 32.1. The van der Waals surface area contributed by atoms with Gasteiger partial charge in [-0.15, -0.1) is 11.3 Å². The maximum Gasteiger partial charge on any atom is 0.0794 e. The van der Waals surface area contributed by atoms with Crippen molar-refractivity contribution in [1.29, 1.82) is 0 Å². The molecule has 2 nitrogen and oxygen atoms in total. The predicted molar refractivity (Wildman–Crippen MR) is 44.6 cm³/mol. The topological polar surface area (TPSA) is 33.1 Å². The molecular weight excluding hydrogens is 158 g/mol. The van der Waals surface area contributed by atoms with Crippen LogP contribution in [0.1, 0.15) is 17.7 Å². The molecule has 1 N–H and O–H groups in total. The Morgan fingerprint density at radius 3 is 2.91 bits per heavy atom. The number of aliphatic hydroxyl groups is 1. The molecule has 1 fully saturated rings. The van der Waals surface area contributed by atoms with E-state index in [1.165, 1.54) is 17.7 Å². The summed E-state index contributed by atoms with van der Waals surface area (Å²) in [4.78, 5) is 5.31. The molecule has 11 heavy (non-hydrogen) atoms. The smallest absolute Gasteiger partial charge is 0.0794 e. The Labute approximate surface area is 69.9 Å². The third-order valence-corrected chi connectivity index (χ3v) is 3.10. The fraction of sp³-hybridized carbons (Fsp3) is 0.625. The molecule has 1 aliphatic rings. The molecule has 0 aliphatic heterocycles. The minimum atomic E-state index is 0.243. The zero-order valence-electron chi connectivity index (χ0n) is 6.29.